The van der Waals surface area contributed by atoms with Gasteiger partial charge in [0.1, 0.15) is 81.5 Å². The lowest BCUT2D eigenvalue weighted by Crippen LogP contribution is -2.03. The van der Waals surface area contributed by atoms with Gasteiger partial charge in [-0.1, -0.05) is 87.0 Å². The highest BCUT2D eigenvalue weighted by molar-refractivity contribution is 5.56. The number of aliphatic hydroxyl groups is 1. The minimum Gasteiger partial charge on any atom is -0.497 e. The molecule has 0 saturated heterocycles. The van der Waals surface area contributed by atoms with Gasteiger partial charge in [-0.3, -0.25) is 4.98 Å². The lowest BCUT2D eigenvalue weighted by atomic mass is 10.00. The van der Waals surface area contributed by atoms with E-state index in [9.17, 15) is 0 Å². The number of aryl methyl sites for hydroxylation is 4. The zero-order valence-corrected chi connectivity index (χ0v) is 58.0. The van der Waals surface area contributed by atoms with Crippen LogP contribution < -0.4 is 51.4 Å². The average Bonchev–Trinajstić information content (AvgIpc) is 1.35. The minimum atomic E-state index is -0.220. The Bertz CT molecular complexity index is 4390. The molecular formula is C74H86N16O7. The highest BCUT2D eigenvalue weighted by Crippen LogP contribution is 2.38. The summed E-state index contributed by atoms with van der Waals surface area (Å²) in [6.45, 7) is 27.8. The van der Waals surface area contributed by atoms with E-state index < -0.39 is 0 Å². The van der Waals surface area contributed by atoms with Crippen molar-refractivity contribution in [2.45, 2.75) is 146 Å². The van der Waals surface area contributed by atoms with Crippen molar-refractivity contribution >= 4 is 23.3 Å². The van der Waals surface area contributed by atoms with Crippen molar-refractivity contribution in [3.63, 3.8) is 0 Å². The Balaban J connectivity index is 0.000000184. The molecule has 9 aromatic rings. The summed E-state index contributed by atoms with van der Waals surface area (Å²) >= 11 is 0. The van der Waals surface area contributed by atoms with E-state index in [2.05, 4.69) is 151 Å². The van der Waals surface area contributed by atoms with Crippen LogP contribution in [0.5, 0.6) is 57.5 Å². The largest absolute Gasteiger partial charge is 0.497 e. The van der Waals surface area contributed by atoms with Crippen molar-refractivity contribution in [1.82, 2.24) is 59.8 Å². The van der Waals surface area contributed by atoms with Gasteiger partial charge in [-0.2, -0.15) is 0 Å². The van der Waals surface area contributed by atoms with Gasteiger partial charge in [0.15, 0.2) is 46.3 Å². The molecular weight excluding hydrogens is 1220 g/mol. The number of hydrogen-bond acceptors (Lipinski definition) is 23. The molecule has 0 spiro atoms. The minimum absolute atomic E-state index is 0.198. The topological polar surface area (TPSA) is 334 Å². The number of methoxy groups -OCH3 is 2. The maximum atomic E-state index is 8.77. The molecule has 23 heteroatoms. The quantitative estimate of drug-likeness (QED) is 0.0561. The van der Waals surface area contributed by atoms with Crippen molar-refractivity contribution in [2.75, 3.05) is 43.8 Å². The smallest absolute Gasteiger partial charge is 0.187 e. The molecule has 8 heterocycles. The van der Waals surface area contributed by atoms with E-state index in [0.717, 1.165) is 45.7 Å². The van der Waals surface area contributed by atoms with E-state index in [1.807, 2.05) is 50.5 Å². The fraction of sp³-hybridized carbons (Fsp3) is 0.351. The first-order chi connectivity index (χ1) is 46.4. The molecule has 1 saturated carbocycles. The Hall–Kier alpha value is -11.2. The number of nitrogen functional groups attached to an aromatic ring is 4. The molecule has 9 N–H and O–H groups in total. The molecule has 0 aliphatic heterocycles. The number of nitrogens with zero attached hydrogens (tertiary/aromatic N) is 12. The fourth-order valence-electron chi connectivity index (χ4n) is 8.84. The van der Waals surface area contributed by atoms with Crippen LogP contribution in [0.2, 0.25) is 0 Å². The second-order valence-electron chi connectivity index (χ2n) is 23.8. The maximum Gasteiger partial charge on any atom is 0.187 e. The molecule has 1 aliphatic carbocycles. The lowest BCUT2D eigenvalue weighted by molar-refractivity contribution is 0.350. The molecule has 1 atom stereocenters. The average molecular weight is 1310 g/mol. The van der Waals surface area contributed by atoms with Gasteiger partial charge >= 0.3 is 0 Å². The number of rotatable bonds is 16. The summed E-state index contributed by atoms with van der Waals surface area (Å²) in [4.78, 5) is 50.7. The van der Waals surface area contributed by atoms with Crippen LogP contribution >= 0.6 is 0 Å². The molecule has 0 amide bonds. The molecule has 23 nitrogen and oxygen atoms in total. The Kier molecular flexibility index (Phi) is 26.3. The number of hydrogen-bond donors (Lipinski definition) is 5. The van der Waals surface area contributed by atoms with Crippen molar-refractivity contribution in [3.05, 3.63) is 166 Å². The zero-order chi connectivity index (χ0) is 70.5. The number of ether oxygens (including phenoxy) is 6. The third-order valence-electron chi connectivity index (χ3n) is 14.7. The van der Waals surface area contributed by atoms with Crippen LogP contribution in [0.1, 0.15) is 192 Å². The summed E-state index contributed by atoms with van der Waals surface area (Å²) < 4.78 is 34.5. The Morgan fingerprint density at radius 1 is 0.433 bits per heavy atom. The molecule has 1 unspecified atom stereocenters. The van der Waals surface area contributed by atoms with Crippen molar-refractivity contribution in [3.8, 4) is 93.0 Å². The molecule has 8 aromatic heterocycles. The molecule has 10 rings (SSSR count). The third kappa shape index (κ3) is 21.4. The monoisotopic (exact) mass is 1310 g/mol. The number of aromatic nitrogens is 12. The van der Waals surface area contributed by atoms with Gasteiger partial charge in [0.2, 0.25) is 0 Å². The van der Waals surface area contributed by atoms with Crippen LogP contribution in [-0.2, 0) is 0 Å². The Labute approximate surface area is 568 Å². The fourth-order valence-corrected chi connectivity index (χ4v) is 8.84. The summed E-state index contributed by atoms with van der Waals surface area (Å²) in [6, 6.07) is 12.8. The second kappa shape index (κ2) is 34.8. The summed E-state index contributed by atoms with van der Waals surface area (Å²) in [7, 11) is 3.20. The van der Waals surface area contributed by atoms with Crippen molar-refractivity contribution in [2.24, 2.45) is 5.92 Å². The number of aliphatic hydroxyl groups excluding tert-OH is 1. The van der Waals surface area contributed by atoms with E-state index in [1.165, 1.54) is 12.8 Å². The van der Waals surface area contributed by atoms with Crippen LogP contribution in [0.3, 0.4) is 0 Å². The number of benzene rings is 1. The molecule has 1 fully saturated rings. The molecule has 1 aliphatic rings. The van der Waals surface area contributed by atoms with E-state index >= 15 is 0 Å². The van der Waals surface area contributed by atoms with E-state index in [0.29, 0.717) is 122 Å². The van der Waals surface area contributed by atoms with Gasteiger partial charge in [0.25, 0.3) is 0 Å². The number of nitrogens with two attached hydrogens (primary N) is 4. The third-order valence-corrected chi connectivity index (χ3v) is 14.7. The van der Waals surface area contributed by atoms with Gasteiger partial charge in [-0.25, -0.2) is 54.8 Å². The molecule has 0 bridgehead atoms. The van der Waals surface area contributed by atoms with Gasteiger partial charge in [-0.15, -0.1) is 0 Å². The standard InChI is InChI=1S/C23H24N4O3.C18H20N4O.C17H24N4O.C16H18N4O2/c1-14(2)19-12-26-17(8-6-16-7-9-18(28-4)11-20(16)29-5)10-21(19)30-22-13-25-15(3)27-23(22)24;1-11(2)15-9-21-14(7-6-13-4-5-13)8-16(15)23-17-10-20-12(3)22-18(17)19;1-6-11(4)14-7-15(13(8-20-14)10(2)3)22-16-9-19-12(5)21-17(16)18;1-10(2)13-8-19-12(5-4-6-21)7-14(13)22-15-9-18-11(3)20-16(15)17/h7,9-14H,1-5H3,(H2,24,25,27);8-11,13H,4-5H2,1-3H3,(H2,19,20,22);7-11H,6H2,1-5H3,(H2,18,19,21);7-10,21H,6H2,1-3H3,(H2,17,18,20). The first kappa shape index (κ1) is 73.2. The van der Waals surface area contributed by atoms with Gasteiger partial charge in [-0.05, 0) is 106 Å². The van der Waals surface area contributed by atoms with Crippen LogP contribution in [-0.4, -0.2) is 85.7 Å². The predicted molar refractivity (Wildman–Crippen MR) is 376 cm³/mol. The summed E-state index contributed by atoms with van der Waals surface area (Å²) in [5.41, 5.74) is 31.1. The SMILES string of the molecule is CCC(C)c1cc(Oc2cnc(C)nc2N)c(C(C)C)cn1.COc1ccc(C#Cc2cc(Oc3cnc(C)nc3N)c(C(C)C)cn2)c(OC)c1.Cc1ncc(Oc2cc(C#CC3CC3)ncc2C(C)C)c(N)n1.Cc1ncc(Oc2cc(C#CCO)ncc2C(C)C)c(N)n1. The zero-order valence-electron chi connectivity index (χ0n) is 58.0. The van der Waals surface area contributed by atoms with E-state index in [-0.39, 0.29) is 36.0 Å². The Morgan fingerprint density at radius 3 is 1.14 bits per heavy atom. The van der Waals surface area contributed by atoms with Gasteiger partial charge in [0, 0.05) is 89.0 Å². The highest BCUT2D eigenvalue weighted by Gasteiger charge is 2.21. The highest BCUT2D eigenvalue weighted by atomic mass is 16.5. The Morgan fingerprint density at radius 2 is 0.804 bits per heavy atom. The van der Waals surface area contributed by atoms with Crippen LogP contribution in [0, 0.1) is 69.1 Å². The lowest BCUT2D eigenvalue weighted by Gasteiger charge is -2.17. The van der Waals surface area contributed by atoms with Crippen LogP contribution in [0.15, 0.2) is 92.0 Å². The first-order valence-electron chi connectivity index (χ1n) is 31.8. The second-order valence-corrected chi connectivity index (χ2v) is 23.8. The first-order valence-corrected chi connectivity index (χ1v) is 31.8. The van der Waals surface area contributed by atoms with E-state index in [1.54, 1.807) is 97.3 Å². The summed E-state index contributed by atoms with van der Waals surface area (Å²) in [6.07, 6.45) is 16.9. The summed E-state index contributed by atoms with van der Waals surface area (Å²) in [5, 5.41) is 8.77. The molecule has 97 heavy (non-hydrogen) atoms. The van der Waals surface area contributed by atoms with Crippen LogP contribution in [0.25, 0.3) is 0 Å². The van der Waals surface area contributed by atoms with Crippen molar-refractivity contribution in [1.29, 1.82) is 0 Å². The molecule has 0 radical (unpaired) electrons. The predicted octanol–water partition coefficient (Wildman–Crippen LogP) is 13.7. The van der Waals surface area contributed by atoms with E-state index in [4.69, 9.17) is 56.5 Å². The molecule has 1 aromatic carbocycles. The van der Waals surface area contributed by atoms with Gasteiger partial charge in [0.05, 0.1) is 44.6 Å². The number of pyridine rings is 4. The van der Waals surface area contributed by atoms with Crippen molar-refractivity contribution < 1.29 is 33.5 Å². The normalized spacial score (nSPS) is 11.6. The summed E-state index contributed by atoms with van der Waals surface area (Å²) in [5.74, 6) is 29.1. The molecule has 504 valence electrons. The number of anilines is 4. The maximum absolute atomic E-state index is 8.77. The van der Waals surface area contributed by atoms with Crippen LogP contribution in [0.4, 0.5) is 23.3 Å². The van der Waals surface area contributed by atoms with Gasteiger partial charge < -0.3 is 56.5 Å².